The van der Waals surface area contributed by atoms with E-state index in [0.29, 0.717) is 15.1 Å². The number of hydrogen-bond acceptors (Lipinski definition) is 8. The van der Waals surface area contributed by atoms with Crippen molar-refractivity contribution < 1.29 is 67.6 Å². The lowest BCUT2D eigenvalue weighted by molar-refractivity contribution is -0.143. The predicted octanol–water partition coefficient (Wildman–Crippen LogP) is 10.1. The van der Waals surface area contributed by atoms with E-state index < -0.39 is 112 Å². The highest BCUT2D eigenvalue weighted by atomic mass is 35.5. The molecule has 3 aromatic heterocycles. The van der Waals surface area contributed by atoms with E-state index in [1.807, 2.05) is 0 Å². The van der Waals surface area contributed by atoms with Crippen LogP contribution in [-0.4, -0.2) is 76.1 Å². The Hall–Kier alpha value is -5.67. The Morgan fingerprint density at radius 2 is 1.64 bits per heavy atom. The van der Waals surface area contributed by atoms with Crippen molar-refractivity contribution in [1.29, 1.82) is 0 Å². The molecule has 2 amide bonds. The van der Waals surface area contributed by atoms with Gasteiger partial charge in [0.05, 0.1) is 32.4 Å². The molecule has 25 heteroatoms. The molecule has 0 spiro atoms. The number of carbonyl (C=O) groups is 3. The van der Waals surface area contributed by atoms with Gasteiger partial charge in [-0.25, -0.2) is 22.3 Å². The van der Waals surface area contributed by atoms with Gasteiger partial charge in [0.25, 0.3) is 12.4 Å². The molecule has 7 rings (SSSR count). The Balaban J connectivity index is 0.00000139. The molecule has 12 nitrogen and oxygen atoms in total. The van der Waals surface area contributed by atoms with E-state index in [2.05, 4.69) is 32.3 Å². The first kappa shape index (κ1) is 54.3. The van der Waals surface area contributed by atoms with E-state index in [-0.39, 0.29) is 61.6 Å². The van der Waals surface area contributed by atoms with E-state index in [1.165, 1.54) is 55.3 Å². The third-order valence-electron chi connectivity index (χ3n) is 10.3. The van der Waals surface area contributed by atoms with Crippen molar-refractivity contribution in [3.63, 3.8) is 0 Å². The number of carbonyl (C=O) groups excluding carboxylic acids is 2. The van der Waals surface area contributed by atoms with Crippen LogP contribution in [0.3, 0.4) is 0 Å². The highest BCUT2D eigenvalue weighted by molar-refractivity contribution is 8.00. The highest BCUT2D eigenvalue weighted by Gasteiger charge is 2.53. The minimum Gasteiger partial charge on any atom is -0.483 e. The van der Waals surface area contributed by atoms with Crippen molar-refractivity contribution in [2.45, 2.75) is 101 Å². The zero-order chi connectivity index (χ0) is 51.4. The molecule has 0 bridgehead atoms. The SMILES string of the molecule is C1CC1.CSC(C)(C)C#Cc1ccc(-c2ccc(Cl)c3c(N(C=O)S(C)=O)nn(CC(F)(F)F)c23)c(C(Cc2cc(F)cc(F)c2)NC(=O)Cn2nc(C(F)(F)F)c3c2C(F)(F)C[C@@H]3C)n1.O=CO. The van der Waals surface area contributed by atoms with Crippen molar-refractivity contribution in [3.8, 4) is 23.0 Å². The number of nitrogens with one attached hydrogen (secondary N) is 1. The molecule has 3 atom stereocenters. The molecule has 1 saturated carbocycles. The van der Waals surface area contributed by atoms with Crippen LogP contribution < -0.4 is 9.62 Å². The second-order valence-corrected chi connectivity index (χ2v) is 19.3. The van der Waals surface area contributed by atoms with Crippen molar-refractivity contribution in [2.24, 2.45) is 0 Å². The number of pyridine rings is 1. The quantitative estimate of drug-likeness (QED) is 0.0707. The smallest absolute Gasteiger partial charge is 0.435 e. The maximum Gasteiger partial charge on any atom is 0.435 e. The van der Waals surface area contributed by atoms with Crippen LogP contribution in [0.1, 0.15) is 92.3 Å². The first-order chi connectivity index (χ1) is 32.1. The van der Waals surface area contributed by atoms with Crippen LogP contribution in [0, 0.1) is 23.5 Å². The van der Waals surface area contributed by atoms with Crippen LogP contribution in [0.4, 0.5) is 49.7 Å². The number of halogens is 11. The van der Waals surface area contributed by atoms with Gasteiger partial charge in [0.1, 0.15) is 47.1 Å². The van der Waals surface area contributed by atoms with E-state index in [0.717, 1.165) is 25.3 Å². The third kappa shape index (κ3) is 13.4. The standard InChI is InChI=1S/C40H34ClF10N7O3S2.C3H6.CH2O2/c1-20-16-38(44,45)35-30(20)34(40(49,50)51)54-56(35)17-29(60)53-28(14-21-12-22(42)15-23(43)13-21)32-25(7-6-24(52-32)10-11-37(2,3)62-4)26-8-9-27(41)31-33(26)57(18-39(46,47)48)55-36(31)58(19-59)63(5)61;1-2-3-1;2-1-3/h6-9,12-13,15,19-20,28H,14,16-18H2,1-5H3,(H,53,60);1-3H2;1H,(H,2,3)/t20-,28?,63?;;/m0../s1. The second kappa shape index (κ2) is 21.5. The molecule has 2 aliphatic carbocycles. The van der Waals surface area contributed by atoms with Crippen molar-refractivity contribution in [2.75, 3.05) is 16.8 Å². The molecule has 0 aliphatic heterocycles. The lowest BCUT2D eigenvalue weighted by Crippen LogP contribution is -2.35. The van der Waals surface area contributed by atoms with Gasteiger partial charge in [-0.05, 0) is 74.3 Å². The minimum atomic E-state index is -5.17. The van der Waals surface area contributed by atoms with E-state index in [1.54, 1.807) is 20.1 Å². The molecule has 1 fully saturated rings. The number of nitrogens with zero attached hydrogens (tertiary/aromatic N) is 6. The van der Waals surface area contributed by atoms with Crippen molar-refractivity contribution >= 4 is 69.9 Å². The highest BCUT2D eigenvalue weighted by Crippen LogP contribution is 2.52. The maximum absolute atomic E-state index is 15.3. The van der Waals surface area contributed by atoms with Crippen LogP contribution in [0.25, 0.3) is 22.0 Å². The Morgan fingerprint density at radius 3 is 2.17 bits per heavy atom. The maximum atomic E-state index is 15.3. The lowest BCUT2D eigenvalue weighted by Gasteiger charge is -2.23. The Bertz CT molecular complexity index is 2800. The molecule has 69 heavy (non-hydrogen) atoms. The molecule has 2 unspecified atom stereocenters. The van der Waals surface area contributed by atoms with Crippen LogP contribution in [0.15, 0.2) is 42.5 Å². The van der Waals surface area contributed by atoms with Crippen LogP contribution in [0.2, 0.25) is 5.02 Å². The molecule has 2 aliphatic rings. The second-order valence-electron chi connectivity index (χ2n) is 16.2. The van der Waals surface area contributed by atoms with Gasteiger partial charge in [0, 0.05) is 35.4 Å². The average molecular weight is 1040 g/mol. The summed E-state index contributed by atoms with van der Waals surface area (Å²) >= 11 is 7.92. The number of anilines is 1. The molecule has 3 heterocycles. The molecular formula is C44H42ClF10N7O5S2. The number of thioether (sulfide) groups is 1. The normalized spacial score (nSPS) is 15.9. The van der Waals surface area contributed by atoms with Crippen molar-refractivity contribution in [1.82, 2.24) is 29.9 Å². The summed E-state index contributed by atoms with van der Waals surface area (Å²) in [5, 5.41) is 16.3. The predicted molar refractivity (Wildman–Crippen MR) is 239 cm³/mol. The molecule has 2 N–H and O–H groups in total. The molecule has 5 aromatic rings. The summed E-state index contributed by atoms with van der Waals surface area (Å²) < 4.78 is 158. The summed E-state index contributed by atoms with van der Waals surface area (Å²) in [7, 11) is -2.17. The number of rotatable bonds is 12. The first-order valence-corrected chi connectivity index (χ1v) is 23.6. The fourth-order valence-electron chi connectivity index (χ4n) is 7.25. The van der Waals surface area contributed by atoms with Gasteiger partial charge in [0.2, 0.25) is 12.3 Å². The monoisotopic (exact) mass is 1040 g/mol. The fraction of sp³-hybridized carbons (Fsp3) is 0.409. The number of aromatic nitrogens is 5. The topological polar surface area (TPSA) is 152 Å². The van der Waals surface area contributed by atoms with Gasteiger partial charge in [-0.15, -0.1) is 11.8 Å². The van der Waals surface area contributed by atoms with Gasteiger partial charge in [-0.3, -0.25) is 23.7 Å². The summed E-state index contributed by atoms with van der Waals surface area (Å²) in [4.78, 5) is 39.1. The summed E-state index contributed by atoms with van der Waals surface area (Å²) in [6.07, 6.45) is -4.24. The number of alkyl halides is 8. The molecule has 0 radical (unpaired) electrons. The van der Waals surface area contributed by atoms with Gasteiger partial charge in [-0.2, -0.15) is 45.3 Å². The molecule has 372 valence electrons. The number of carboxylic acid groups (broad SMARTS) is 1. The summed E-state index contributed by atoms with van der Waals surface area (Å²) in [6.45, 7) is 1.51. The zero-order valence-corrected chi connectivity index (χ0v) is 39.4. The van der Waals surface area contributed by atoms with E-state index in [9.17, 15) is 48.9 Å². The Labute approximate surface area is 399 Å². The van der Waals surface area contributed by atoms with Crippen LogP contribution in [0.5, 0.6) is 0 Å². The third-order valence-corrected chi connectivity index (χ3v) is 12.5. The zero-order valence-electron chi connectivity index (χ0n) is 37.0. The summed E-state index contributed by atoms with van der Waals surface area (Å²) in [6, 6.07) is 5.98. The van der Waals surface area contributed by atoms with Gasteiger partial charge < -0.3 is 10.4 Å². The lowest BCUT2D eigenvalue weighted by atomic mass is 9.93. The van der Waals surface area contributed by atoms with E-state index >= 15 is 8.78 Å². The van der Waals surface area contributed by atoms with Crippen LogP contribution >= 0.6 is 23.4 Å². The summed E-state index contributed by atoms with van der Waals surface area (Å²) in [5.74, 6) is -3.07. The Morgan fingerprint density at radius 1 is 1.03 bits per heavy atom. The number of fused-ring (bicyclic) bond motifs is 2. The van der Waals surface area contributed by atoms with Crippen LogP contribution in [-0.2, 0) is 57.0 Å². The number of benzene rings is 2. The summed E-state index contributed by atoms with van der Waals surface area (Å²) in [5.41, 5.74) is -4.44. The molecular weight excluding hydrogens is 996 g/mol. The van der Waals surface area contributed by atoms with Gasteiger partial charge in [0.15, 0.2) is 11.5 Å². The number of hydrogen-bond donors (Lipinski definition) is 2. The van der Waals surface area contributed by atoms with Gasteiger partial charge >= 0.3 is 12.4 Å². The largest absolute Gasteiger partial charge is 0.483 e. The average Bonchev–Trinajstić information content (AvgIpc) is 3.95. The number of amides is 2. The molecule has 0 saturated heterocycles. The van der Waals surface area contributed by atoms with Gasteiger partial charge in [-0.1, -0.05) is 49.8 Å². The fourth-order valence-corrected chi connectivity index (χ4v) is 8.13. The first-order valence-electron chi connectivity index (χ1n) is 20.5. The Kier molecular flexibility index (Phi) is 16.9. The van der Waals surface area contributed by atoms with Crippen molar-refractivity contribution in [3.05, 3.63) is 93.0 Å². The van der Waals surface area contributed by atoms with E-state index in [4.69, 9.17) is 21.5 Å². The molecule has 2 aromatic carbocycles. The minimum absolute atomic E-state index is 0.0112.